The molecule has 0 aromatic rings. The molecule has 1 heterocycles. The van der Waals surface area contributed by atoms with Gasteiger partial charge in [-0.05, 0) is 31.6 Å². The lowest BCUT2D eigenvalue weighted by Crippen LogP contribution is -2.45. The zero-order valence-electron chi connectivity index (χ0n) is 10.5. The van der Waals surface area contributed by atoms with Gasteiger partial charge in [0.1, 0.15) is 0 Å². The highest BCUT2D eigenvalue weighted by molar-refractivity contribution is 4.92. The number of hydrogen-bond donors (Lipinski definition) is 1. The van der Waals surface area contributed by atoms with E-state index in [2.05, 4.69) is 6.92 Å². The van der Waals surface area contributed by atoms with E-state index in [1.165, 1.54) is 0 Å². The molecule has 2 aliphatic rings. The number of halogens is 2. The minimum absolute atomic E-state index is 0.0154. The van der Waals surface area contributed by atoms with Crippen LogP contribution in [0.4, 0.5) is 8.78 Å². The molecule has 0 amide bonds. The molecule has 1 aliphatic heterocycles. The normalized spacial score (nSPS) is 38.5. The summed E-state index contributed by atoms with van der Waals surface area (Å²) in [5.41, 5.74) is 0. The van der Waals surface area contributed by atoms with Crippen LogP contribution >= 0.6 is 0 Å². The Labute approximate surface area is 102 Å². The van der Waals surface area contributed by atoms with Crippen molar-refractivity contribution >= 4 is 0 Å². The topological polar surface area (TPSA) is 23.5 Å². The van der Waals surface area contributed by atoms with Crippen molar-refractivity contribution in [1.82, 2.24) is 4.90 Å². The van der Waals surface area contributed by atoms with Crippen molar-refractivity contribution in [3.63, 3.8) is 0 Å². The van der Waals surface area contributed by atoms with Crippen molar-refractivity contribution in [3.8, 4) is 0 Å². The van der Waals surface area contributed by atoms with Crippen LogP contribution in [0.5, 0.6) is 0 Å². The van der Waals surface area contributed by atoms with E-state index >= 15 is 0 Å². The summed E-state index contributed by atoms with van der Waals surface area (Å²) in [5, 5.41) is 9.74. The summed E-state index contributed by atoms with van der Waals surface area (Å²) >= 11 is 0. The molecule has 100 valence electrons. The summed E-state index contributed by atoms with van der Waals surface area (Å²) in [6.07, 6.45) is 4.40. The zero-order chi connectivity index (χ0) is 12.5. The van der Waals surface area contributed by atoms with Crippen LogP contribution in [-0.2, 0) is 0 Å². The molecule has 2 nitrogen and oxygen atoms in total. The van der Waals surface area contributed by atoms with Gasteiger partial charge in [-0.1, -0.05) is 13.3 Å². The van der Waals surface area contributed by atoms with Crippen molar-refractivity contribution < 1.29 is 13.9 Å². The lowest BCUT2D eigenvalue weighted by molar-refractivity contribution is -0.0127. The van der Waals surface area contributed by atoms with Crippen LogP contribution in [-0.4, -0.2) is 41.2 Å². The molecule has 1 saturated heterocycles. The first kappa shape index (κ1) is 13.2. The van der Waals surface area contributed by atoms with Gasteiger partial charge in [0, 0.05) is 19.0 Å². The standard InChI is InChI=1S/C13H23F2NO/c1-2-3-10-4-5-11(17)8-12(10)16-7-6-13(14,15)9-16/h10-12,17H,2-9H2,1H3. The fraction of sp³-hybridized carbons (Fsp3) is 1.00. The molecule has 4 heteroatoms. The lowest BCUT2D eigenvalue weighted by atomic mass is 9.79. The molecule has 1 saturated carbocycles. The van der Waals surface area contributed by atoms with Gasteiger partial charge in [-0.25, -0.2) is 8.78 Å². The molecule has 2 rings (SSSR count). The minimum Gasteiger partial charge on any atom is -0.393 e. The van der Waals surface area contributed by atoms with Gasteiger partial charge >= 0.3 is 0 Å². The van der Waals surface area contributed by atoms with Crippen molar-refractivity contribution in [3.05, 3.63) is 0 Å². The Balaban J connectivity index is 2.00. The number of nitrogens with zero attached hydrogens (tertiary/aromatic N) is 1. The molecule has 0 radical (unpaired) electrons. The molecule has 1 aliphatic carbocycles. The van der Waals surface area contributed by atoms with Crippen LogP contribution in [0, 0.1) is 5.92 Å². The molecule has 1 N–H and O–H groups in total. The molecule has 2 fully saturated rings. The molecule has 17 heavy (non-hydrogen) atoms. The number of likely N-dealkylation sites (tertiary alicyclic amines) is 1. The fourth-order valence-corrected chi connectivity index (χ4v) is 3.39. The maximum Gasteiger partial charge on any atom is 0.261 e. The highest BCUT2D eigenvalue weighted by Gasteiger charge is 2.43. The molecule has 3 unspecified atom stereocenters. The summed E-state index contributed by atoms with van der Waals surface area (Å²) in [7, 11) is 0. The number of aliphatic hydroxyl groups is 1. The van der Waals surface area contributed by atoms with Crippen LogP contribution in [0.25, 0.3) is 0 Å². The lowest BCUT2D eigenvalue weighted by Gasteiger charge is -2.39. The second-order valence-electron chi connectivity index (χ2n) is 5.66. The average Bonchev–Trinajstić information content (AvgIpc) is 2.62. The van der Waals surface area contributed by atoms with E-state index in [1.807, 2.05) is 4.90 Å². The Morgan fingerprint density at radius 2 is 2.12 bits per heavy atom. The van der Waals surface area contributed by atoms with E-state index < -0.39 is 5.92 Å². The van der Waals surface area contributed by atoms with E-state index in [9.17, 15) is 13.9 Å². The fourth-order valence-electron chi connectivity index (χ4n) is 3.39. The number of rotatable bonds is 3. The zero-order valence-corrected chi connectivity index (χ0v) is 10.5. The molecule has 3 atom stereocenters. The molecule has 0 aromatic heterocycles. The van der Waals surface area contributed by atoms with Gasteiger partial charge in [0.05, 0.1) is 12.6 Å². The van der Waals surface area contributed by atoms with Gasteiger partial charge in [-0.2, -0.15) is 0 Å². The van der Waals surface area contributed by atoms with Crippen LogP contribution in [0.1, 0.15) is 45.4 Å². The van der Waals surface area contributed by atoms with Crippen LogP contribution in [0.3, 0.4) is 0 Å². The van der Waals surface area contributed by atoms with Gasteiger partial charge in [-0.15, -0.1) is 0 Å². The van der Waals surface area contributed by atoms with E-state index in [-0.39, 0.29) is 25.1 Å². The van der Waals surface area contributed by atoms with Crippen molar-refractivity contribution in [2.75, 3.05) is 13.1 Å². The van der Waals surface area contributed by atoms with E-state index in [1.54, 1.807) is 0 Å². The first-order valence-corrected chi connectivity index (χ1v) is 6.82. The van der Waals surface area contributed by atoms with Gasteiger partial charge in [0.25, 0.3) is 5.92 Å². The SMILES string of the molecule is CCCC1CCC(O)CC1N1CCC(F)(F)C1. The predicted octanol–water partition coefficient (Wildman–Crippen LogP) is 2.66. The summed E-state index contributed by atoms with van der Waals surface area (Å²) in [6.45, 7) is 2.52. The summed E-state index contributed by atoms with van der Waals surface area (Å²) < 4.78 is 26.5. The molecule has 0 aromatic carbocycles. The predicted molar refractivity (Wildman–Crippen MR) is 63.2 cm³/mol. The van der Waals surface area contributed by atoms with Crippen molar-refractivity contribution in [2.45, 2.75) is 63.5 Å². The van der Waals surface area contributed by atoms with Gasteiger partial charge in [-0.3, -0.25) is 4.90 Å². The van der Waals surface area contributed by atoms with Gasteiger partial charge in [0.2, 0.25) is 0 Å². The summed E-state index contributed by atoms with van der Waals surface area (Å²) in [6, 6.07) is 0.173. The van der Waals surface area contributed by atoms with Crippen molar-refractivity contribution in [2.24, 2.45) is 5.92 Å². The third-order valence-corrected chi connectivity index (χ3v) is 4.26. The van der Waals surface area contributed by atoms with Gasteiger partial charge in [0.15, 0.2) is 0 Å². The molecular weight excluding hydrogens is 224 g/mol. The molecule has 0 spiro atoms. The minimum atomic E-state index is -2.51. The molecular formula is C13H23F2NO. The third kappa shape index (κ3) is 3.16. The Bertz CT molecular complexity index is 260. The number of aliphatic hydroxyl groups excluding tert-OH is 1. The third-order valence-electron chi connectivity index (χ3n) is 4.26. The van der Waals surface area contributed by atoms with E-state index in [0.717, 1.165) is 25.7 Å². The maximum atomic E-state index is 13.3. The van der Waals surface area contributed by atoms with Crippen LogP contribution in [0.15, 0.2) is 0 Å². The number of hydrogen-bond acceptors (Lipinski definition) is 2. The largest absolute Gasteiger partial charge is 0.393 e. The van der Waals surface area contributed by atoms with Gasteiger partial charge < -0.3 is 5.11 Å². The summed E-state index contributed by atoms with van der Waals surface area (Å²) in [5.74, 6) is -2.02. The number of alkyl halides is 2. The molecule has 0 bridgehead atoms. The Morgan fingerprint density at radius 1 is 1.35 bits per heavy atom. The van der Waals surface area contributed by atoms with Crippen LogP contribution in [0.2, 0.25) is 0 Å². The highest BCUT2D eigenvalue weighted by Crippen LogP contribution is 2.37. The monoisotopic (exact) mass is 247 g/mol. The quantitative estimate of drug-likeness (QED) is 0.828. The first-order valence-electron chi connectivity index (χ1n) is 6.82. The average molecular weight is 247 g/mol. The maximum absolute atomic E-state index is 13.3. The highest BCUT2D eigenvalue weighted by atomic mass is 19.3. The van der Waals surface area contributed by atoms with Crippen LogP contribution < -0.4 is 0 Å². The summed E-state index contributed by atoms with van der Waals surface area (Å²) in [4.78, 5) is 1.92. The van der Waals surface area contributed by atoms with E-state index in [0.29, 0.717) is 18.9 Å². The smallest absolute Gasteiger partial charge is 0.261 e. The second kappa shape index (κ2) is 5.19. The Hall–Kier alpha value is -0.220. The van der Waals surface area contributed by atoms with Crippen molar-refractivity contribution in [1.29, 1.82) is 0 Å². The Kier molecular flexibility index (Phi) is 4.03. The Morgan fingerprint density at radius 3 is 2.71 bits per heavy atom. The van der Waals surface area contributed by atoms with E-state index in [4.69, 9.17) is 0 Å². The first-order chi connectivity index (χ1) is 8.02. The second-order valence-corrected chi connectivity index (χ2v) is 5.66.